The zero-order chi connectivity index (χ0) is 13.9. The van der Waals surface area contributed by atoms with Crippen molar-refractivity contribution in [2.75, 3.05) is 6.54 Å². The smallest absolute Gasteiger partial charge is 0.461 e. The number of rotatable bonds is 3. The molecule has 18 heavy (non-hydrogen) atoms. The monoisotopic (exact) mass is 267 g/mol. The highest BCUT2D eigenvalue weighted by atomic mass is 19.4. The van der Waals surface area contributed by atoms with E-state index in [2.05, 4.69) is 0 Å². The molecule has 0 saturated carbocycles. The normalized spacial score (nSPS) is 21.8. The van der Waals surface area contributed by atoms with Crippen molar-refractivity contribution >= 4 is 11.9 Å². The molecule has 1 rings (SSSR count). The molecule has 0 radical (unpaired) electrons. The SMILES string of the molecule is CCC(C)OC(=O)C1CCCN1C(=O)C(F)(F)F. The molecule has 1 aliphatic heterocycles. The minimum Gasteiger partial charge on any atom is -0.461 e. The fourth-order valence-corrected chi connectivity index (χ4v) is 1.78. The van der Waals surface area contributed by atoms with E-state index in [1.54, 1.807) is 13.8 Å². The first-order valence-electron chi connectivity index (χ1n) is 5.85. The number of nitrogens with zero attached hydrogens (tertiary/aromatic N) is 1. The Bertz CT molecular complexity index is 330. The van der Waals surface area contributed by atoms with Gasteiger partial charge in [-0.15, -0.1) is 0 Å². The number of ether oxygens (including phenoxy) is 1. The van der Waals surface area contributed by atoms with Gasteiger partial charge < -0.3 is 9.64 Å². The number of likely N-dealkylation sites (tertiary alicyclic amines) is 1. The fraction of sp³-hybridized carbons (Fsp3) is 0.818. The van der Waals surface area contributed by atoms with Gasteiger partial charge in [0.25, 0.3) is 0 Å². The summed E-state index contributed by atoms with van der Waals surface area (Å²) in [6, 6.07) is -1.10. The molecule has 7 heteroatoms. The van der Waals surface area contributed by atoms with E-state index in [9.17, 15) is 22.8 Å². The number of carbonyl (C=O) groups excluding carboxylic acids is 2. The van der Waals surface area contributed by atoms with Crippen LogP contribution in [-0.4, -0.2) is 41.6 Å². The molecule has 0 aromatic carbocycles. The topological polar surface area (TPSA) is 46.6 Å². The highest BCUT2D eigenvalue weighted by Gasteiger charge is 2.48. The van der Waals surface area contributed by atoms with Gasteiger partial charge in [-0.25, -0.2) is 4.79 Å². The zero-order valence-corrected chi connectivity index (χ0v) is 10.3. The van der Waals surface area contributed by atoms with E-state index >= 15 is 0 Å². The predicted octanol–water partition coefficient (Wildman–Crippen LogP) is 1.88. The van der Waals surface area contributed by atoms with E-state index in [1.165, 1.54) is 0 Å². The first-order chi connectivity index (χ1) is 8.27. The Morgan fingerprint density at radius 3 is 2.56 bits per heavy atom. The number of hydrogen-bond donors (Lipinski definition) is 0. The highest BCUT2D eigenvalue weighted by Crippen LogP contribution is 2.26. The van der Waals surface area contributed by atoms with Crippen molar-refractivity contribution in [1.29, 1.82) is 0 Å². The van der Waals surface area contributed by atoms with Crippen molar-refractivity contribution < 1.29 is 27.5 Å². The van der Waals surface area contributed by atoms with E-state index in [1.807, 2.05) is 0 Å². The third-order valence-corrected chi connectivity index (χ3v) is 2.92. The molecule has 1 amide bonds. The summed E-state index contributed by atoms with van der Waals surface area (Å²) in [6.07, 6.45) is -4.13. The van der Waals surface area contributed by atoms with Gasteiger partial charge in [0.05, 0.1) is 6.10 Å². The summed E-state index contributed by atoms with van der Waals surface area (Å²) in [6.45, 7) is 3.40. The van der Waals surface area contributed by atoms with Crippen LogP contribution in [-0.2, 0) is 14.3 Å². The van der Waals surface area contributed by atoms with Gasteiger partial charge in [0.2, 0.25) is 0 Å². The number of amides is 1. The largest absolute Gasteiger partial charge is 0.471 e. The molecule has 2 unspecified atom stereocenters. The average molecular weight is 267 g/mol. The number of carbonyl (C=O) groups is 2. The van der Waals surface area contributed by atoms with Gasteiger partial charge in [-0.2, -0.15) is 13.2 Å². The van der Waals surface area contributed by atoms with Crippen LogP contribution in [0.15, 0.2) is 0 Å². The number of halogens is 3. The minimum absolute atomic E-state index is 0.0569. The quantitative estimate of drug-likeness (QED) is 0.733. The van der Waals surface area contributed by atoms with Crippen LogP contribution in [0.3, 0.4) is 0 Å². The summed E-state index contributed by atoms with van der Waals surface area (Å²) < 4.78 is 41.9. The van der Waals surface area contributed by atoms with Crippen LogP contribution in [0.5, 0.6) is 0 Å². The second kappa shape index (κ2) is 5.58. The molecule has 2 atom stereocenters. The van der Waals surface area contributed by atoms with Crippen LogP contribution < -0.4 is 0 Å². The Morgan fingerprint density at radius 2 is 2.06 bits per heavy atom. The van der Waals surface area contributed by atoms with Crippen molar-refractivity contribution in [2.24, 2.45) is 0 Å². The molecule has 1 aliphatic rings. The van der Waals surface area contributed by atoms with Crippen molar-refractivity contribution in [3.8, 4) is 0 Å². The van der Waals surface area contributed by atoms with E-state index < -0.39 is 24.1 Å². The van der Waals surface area contributed by atoms with Gasteiger partial charge in [-0.05, 0) is 26.2 Å². The lowest BCUT2D eigenvalue weighted by Gasteiger charge is -2.25. The van der Waals surface area contributed by atoms with Crippen LogP contribution in [0.4, 0.5) is 13.2 Å². The van der Waals surface area contributed by atoms with Crippen LogP contribution in [0.2, 0.25) is 0 Å². The van der Waals surface area contributed by atoms with E-state index in [0.29, 0.717) is 17.7 Å². The number of esters is 1. The van der Waals surface area contributed by atoms with Crippen molar-refractivity contribution in [3.63, 3.8) is 0 Å². The van der Waals surface area contributed by atoms with Gasteiger partial charge in [0.15, 0.2) is 0 Å². The predicted molar refractivity (Wildman–Crippen MR) is 56.6 cm³/mol. The Labute approximate surface area is 103 Å². The summed E-state index contributed by atoms with van der Waals surface area (Å²) in [7, 11) is 0. The van der Waals surface area contributed by atoms with Crippen LogP contribution in [0.1, 0.15) is 33.1 Å². The summed E-state index contributed by atoms with van der Waals surface area (Å²) in [5, 5.41) is 0. The molecule has 0 spiro atoms. The Morgan fingerprint density at radius 1 is 1.44 bits per heavy atom. The Kier molecular flexibility index (Phi) is 4.59. The summed E-state index contributed by atoms with van der Waals surface area (Å²) in [5.41, 5.74) is 0. The lowest BCUT2D eigenvalue weighted by atomic mass is 10.2. The Hall–Kier alpha value is -1.27. The molecule has 0 aromatic heterocycles. The van der Waals surface area contributed by atoms with Crippen molar-refractivity contribution in [1.82, 2.24) is 4.90 Å². The average Bonchev–Trinajstić information content (AvgIpc) is 2.75. The van der Waals surface area contributed by atoms with Crippen LogP contribution >= 0.6 is 0 Å². The molecular formula is C11H16F3NO3. The summed E-state index contributed by atoms with van der Waals surface area (Å²) >= 11 is 0. The van der Waals surface area contributed by atoms with Gasteiger partial charge in [-0.1, -0.05) is 6.92 Å². The maximum Gasteiger partial charge on any atom is 0.471 e. The lowest BCUT2D eigenvalue weighted by molar-refractivity contribution is -0.189. The third-order valence-electron chi connectivity index (χ3n) is 2.92. The van der Waals surface area contributed by atoms with Crippen molar-refractivity contribution in [3.05, 3.63) is 0 Å². The van der Waals surface area contributed by atoms with Crippen LogP contribution in [0, 0.1) is 0 Å². The van der Waals surface area contributed by atoms with E-state index in [4.69, 9.17) is 4.74 Å². The highest BCUT2D eigenvalue weighted by molar-refractivity contribution is 5.88. The first-order valence-corrected chi connectivity index (χ1v) is 5.85. The second-order valence-corrected chi connectivity index (χ2v) is 4.31. The molecule has 4 nitrogen and oxygen atoms in total. The van der Waals surface area contributed by atoms with Crippen LogP contribution in [0.25, 0.3) is 0 Å². The first kappa shape index (κ1) is 14.8. The fourth-order valence-electron chi connectivity index (χ4n) is 1.78. The number of hydrogen-bond acceptors (Lipinski definition) is 3. The summed E-state index contributed by atoms with van der Waals surface area (Å²) in [4.78, 5) is 23.4. The van der Waals surface area contributed by atoms with E-state index in [-0.39, 0.29) is 19.1 Å². The van der Waals surface area contributed by atoms with Gasteiger partial charge >= 0.3 is 18.1 Å². The molecular weight excluding hydrogens is 251 g/mol. The minimum atomic E-state index is -4.95. The number of alkyl halides is 3. The van der Waals surface area contributed by atoms with Gasteiger partial charge in [-0.3, -0.25) is 4.79 Å². The molecule has 0 aromatic rings. The maximum absolute atomic E-state index is 12.3. The maximum atomic E-state index is 12.3. The van der Waals surface area contributed by atoms with Gasteiger partial charge in [0.1, 0.15) is 6.04 Å². The molecule has 0 N–H and O–H groups in total. The third kappa shape index (κ3) is 3.36. The molecule has 1 saturated heterocycles. The zero-order valence-electron chi connectivity index (χ0n) is 10.3. The van der Waals surface area contributed by atoms with E-state index in [0.717, 1.165) is 0 Å². The molecule has 0 aliphatic carbocycles. The Balaban J connectivity index is 2.71. The molecule has 104 valence electrons. The summed E-state index contributed by atoms with van der Waals surface area (Å²) in [5.74, 6) is -2.72. The molecule has 1 fully saturated rings. The van der Waals surface area contributed by atoms with Gasteiger partial charge in [0, 0.05) is 6.54 Å². The molecule has 0 bridgehead atoms. The second-order valence-electron chi connectivity index (χ2n) is 4.31. The molecule has 1 heterocycles. The standard InChI is InChI=1S/C11H16F3NO3/c1-3-7(2)18-9(16)8-5-4-6-15(8)10(17)11(12,13)14/h7-8H,3-6H2,1-2H3. The lowest BCUT2D eigenvalue weighted by Crippen LogP contribution is -2.47. The van der Waals surface area contributed by atoms with Crippen molar-refractivity contribution in [2.45, 2.75) is 51.4 Å².